The molecule has 1 aliphatic heterocycles. The lowest BCUT2D eigenvalue weighted by Gasteiger charge is -2.34. The lowest BCUT2D eigenvalue weighted by Crippen LogP contribution is -2.43. The normalized spacial score (nSPS) is 37.5. The molecule has 0 radical (unpaired) electrons. The van der Waals surface area contributed by atoms with Gasteiger partial charge in [0.2, 0.25) is 0 Å². The van der Waals surface area contributed by atoms with Crippen LogP contribution in [0.2, 0.25) is 0 Å². The lowest BCUT2D eigenvalue weighted by atomic mass is 9.76. The third-order valence-corrected chi connectivity index (χ3v) is 4.37. The van der Waals surface area contributed by atoms with Gasteiger partial charge >= 0.3 is 0 Å². The van der Waals surface area contributed by atoms with Crippen LogP contribution in [0.15, 0.2) is 0 Å². The van der Waals surface area contributed by atoms with Crippen LogP contribution in [0.5, 0.6) is 0 Å². The Morgan fingerprint density at radius 1 is 1.38 bits per heavy atom. The molecule has 0 aromatic rings. The van der Waals surface area contributed by atoms with E-state index in [1.165, 1.54) is 38.5 Å². The van der Waals surface area contributed by atoms with Gasteiger partial charge in [-0.1, -0.05) is 19.8 Å². The highest BCUT2D eigenvalue weighted by atomic mass is 16.5. The van der Waals surface area contributed by atoms with Crippen LogP contribution < -0.4 is 11.3 Å². The Hall–Kier alpha value is -0.120. The van der Waals surface area contributed by atoms with Crippen LogP contribution in [-0.2, 0) is 4.74 Å². The molecule has 0 bridgehead atoms. The predicted octanol–water partition coefficient (Wildman–Crippen LogP) is 2.07. The molecule has 1 saturated heterocycles. The topological polar surface area (TPSA) is 47.3 Å². The molecular formula is C13H26N2O. The van der Waals surface area contributed by atoms with Crippen molar-refractivity contribution in [3.05, 3.63) is 0 Å². The minimum Gasteiger partial charge on any atom is -0.381 e. The zero-order valence-electron chi connectivity index (χ0n) is 10.5. The summed E-state index contributed by atoms with van der Waals surface area (Å²) < 4.78 is 5.44. The first-order valence-electron chi connectivity index (χ1n) is 6.83. The maximum atomic E-state index is 5.74. The van der Waals surface area contributed by atoms with E-state index in [0.29, 0.717) is 6.04 Å². The van der Waals surface area contributed by atoms with Gasteiger partial charge in [0.05, 0.1) is 0 Å². The summed E-state index contributed by atoms with van der Waals surface area (Å²) in [5.41, 5.74) is 3.06. The molecule has 4 unspecified atom stereocenters. The van der Waals surface area contributed by atoms with E-state index in [4.69, 9.17) is 10.6 Å². The standard InChI is InChI=1S/C13H26N2O/c1-10-3-2-4-12(7-10)13(15-14)8-11-5-6-16-9-11/h10-13,15H,2-9,14H2,1H3. The van der Waals surface area contributed by atoms with Crippen molar-refractivity contribution in [1.82, 2.24) is 5.43 Å². The summed E-state index contributed by atoms with van der Waals surface area (Å²) in [5, 5.41) is 0. The average molecular weight is 226 g/mol. The molecule has 2 rings (SSSR count). The van der Waals surface area contributed by atoms with E-state index in [1.807, 2.05) is 0 Å². The molecule has 2 aliphatic rings. The van der Waals surface area contributed by atoms with Gasteiger partial charge in [-0.15, -0.1) is 0 Å². The van der Waals surface area contributed by atoms with Gasteiger partial charge in [-0.2, -0.15) is 0 Å². The first kappa shape index (κ1) is 12.3. The van der Waals surface area contributed by atoms with Gasteiger partial charge in [-0.05, 0) is 43.4 Å². The monoisotopic (exact) mass is 226 g/mol. The first-order valence-corrected chi connectivity index (χ1v) is 6.83. The average Bonchev–Trinajstić information content (AvgIpc) is 2.78. The quantitative estimate of drug-likeness (QED) is 0.570. The Balaban J connectivity index is 1.82. The van der Waals surface area contributed by atoms with Gasteiger partial charge in [0.15, 0.2) is 0 Å². The highest BCUT2D eigenvalue weighted by Gasteiger charge is 2.29. The molecule has 3 nitrogen and oxygen atoms in total. The molecule has 0 amide bonds. The fourth-order valence-corrected chi connectivity index (χ4v) is 3.37. The summed E-state index contributed by atoms with van der Waals surface area (Å²) in [4.78, 5) is 0. The van der Waals surface area contributed by atoms with Crippen molar-refractivity contribution in [3.63, 3.8) is 0 Å². The Morgan fingerprint density at radius 2 is 2.25 bits per heavy atom. The molecule has 1 saturated carbocycles. The largest absolute Gasteiger partial charge is 0.381 e. The maximum Gasteiger partial charge on any atom is 0.0495 e. The second-order valence-corrected chi connectivity index (χ2v) is 5.77. The third-order valence-electron chi connectivity index (χ3n) is 4.37. The van der Waals surface area contributed by atoms with Crippen LogP contribution >= 0.6 is 0 Å². The molecule has 3 N–H and O–H groups in total. The second-order valence-electron chi connectivity index (χ2n) is 5.77. The van der Waals surface area contributed by atoms with E-state index in [-0.39, 0.29) is 0 Å². The lowest BCUT2D eigenvalue weighted by molar-refractivity contribution is 0.166. The molecule has 94 valence electrons. The van der Waals surface area contributed by atoms with Gasteiger partial charge in [0, 0.05) is 19.3 Å². The minimum absolute atomic E-state index is 0.509. The summed E-state index contributed by atoms with van der Waals surface area (Å²) >= 11 is 0. The summed E-state index contributed by atoms with van der Waals surface area (Å²) in [5.74, 6) is 8.14. The number of nitrogens with one attached hydrogen (secondary N) is 1. The molecule has 16 heavy (non-hydrogen) atoms. The zero-order chi connectivity index (χ0) is 11.4. The van der Waals surface area contributed by atoms with Gasteiger partial charge in [-0.3, -0.25) is 11.3 Å². The van der Waals surface area contributed by atoms with E-state index in [0.717, 1.165) is 31.0 Å². The van der Waals surface area contributed by atoms with Crippen LogP contribution in [0.1, 0.15) is 45.4 Å². The maximum absolute atomic E-state index is 5.74. The van der Waals surface area contributed by atoms with Crippen molar-refractivity contribution in [2.24, 2.45) is 23.6 Å². The second kappa shape index (κ2) is 5.99. The highest BCUT2D eigenvalue weighted by Crippen LogP contribution is 2.33. The fourth-order valence-electron chi connectivity index (χ4n) is 3.37. The van der Waals surface area contributed by atoms with Crippen LogP contribution in [-0.4, -0.2) is 19.3 Å². The van der Waals surface area contributed by atoms with Crippen molar-refractivity contribution in [3.8, 4) is 0 Å². The molecule has 2 fully saturated rings. The van der Waals surface area contributed by atoms with Crippen molar-refractivity contribution >= 4 is 0 Å². The summed E-state index contributed by atoms with van der Waals surface area (Å²) in [6.07, 6.45) is 7.91. The van der Waals surface area contributed by atoms with Crippen LogP contribution in [0, 0.1) is 17.8 Å². The molecule has 0 spiro atoms. The molecule has 0 aromatic carbocycles. The molecule has 1 aliphatic carbocycles. The van der Waals surface area contributed by atoms with Crippen molar-refractivity contribution in [2.45, 2.75) is 51.5 Å². The van der Waals surface area contributed by atoms with E-state index in [9.17, 15) is 0 Å². The summed E-state index contributed by atoms with van der Waals surface area (Å²) in [6.45, 7) is 4.27. The van der Waals surface area contributed by atoms with E-state index >= 15 is 0 Å². The zero-order valence-corrected chi connectivity index (χ0v) is 10.5. The molecule has 4 atom stereocenters. The number of rotatable bonds is 4. The fraction of sp³-hybridized carbons (Fsp3) is 1.00. The molecular weight excluding hydrogens is 200 g/mol. The Bertz CT molecular complexity index is 204. The van der Waals surface area contributed by atoms with Gasteiger partial charge in [0.1, 0.15) is 0 Å². The Labute approximate surface area is 99.1 Å². The number of hydrogen-bond acceptors (Lipinski definition) is 3. The van der Waals surface area contributed by atoms with Gasteiger partial charge in [-0.25, -0.2) is 0 Å². The minimum atomic E-state index is 0.509. The van der Waals surface area contributed by atoms with E-state index < -0.39 is 0 Å². The van der Waals surface area contributed by atoms with Gasteiger partial charge in [0.25, 0.3) is 0 Å². The summed E-state index contributed by atoms with van der Waals surface area (Å²) in [6, 6.07) is 0.509. The SMILES string of the molecule is CC1CCCC(C(CC2CCOC2)NN)C1. The predicted molar refractivity (Wildman–Crippen MR) is 65.8 cm³/mol. The van der Waals surface area contributed by atoms with Crippen molar-refractivity contribution in [1.29, 1.82) is 0 Å². The Kier molecular flexibility index (Phi) is 4.62. The summed E-state index contributed by atoms with van der Waals surface area (Å²) in [7, 11) is 0. The third kappa shape index (κ3) is 3.19. The highest BCUT2D eigenvalue weighted by molar-refractivity contribution is 4.83. The molecule has 1 heterocycles. The van der Waals surface area contributed by atoms with Crippen LogP contribution in [0.4, 0.5) is 0 Å². The van der Waals surface area contributed by atoms with E-state index in [1.54, 1.807) is 0 Å². The Morgan fingerprint density at radius 3 is 2.88 bits per heavy atom. The smallest absolute Gasteiger partial charge is 0.0495 e. The van der Waals surface area contributed by atoms with Crippen molar-refractivity contribution < 1.29 is 4.74 Å². The van der Waals surface area contributed by atoms with E-state index in [2.05, 4.69) is 12.3 Å². The molecule has 3 heteroatoms. The number of hydrogen-bond donors (Lipinski definition) is 2. The van der Waals surface area contributed by atoms with Crippen molar-refractivity contribution in [2.75, 3.05) is 13.2 Å². The number of hydrazine groups is 1. The van der Waals surface area contributed by atoms with Gasteiger partial charge < -0.3 is 4.74 Å². The van der Waals surface area contributed by atoms with Crippen LogP contribution in [0.3, 0.4) is 0 Å². The number of ether oxygens (including phenoxy) is 1. The first-order chi connectivity index (χ1) is 7.79. The molecule has 0 aromatic heterocycles. The number of nitrogens with two attached hydrogens (primary N) is 1. The van der Waals surface area contributed by atoms with Crippen LogP contribution in [0.25, 0.3) is 0 Å².